The summed E-state index contributed by atoms with van der Waals surface area (Å²) in [6.45, 7) is 3.17. The summed E-state index contributed by atoms with van der Waals surface area (Å²) in [6.07, 6.45) is 8.14. The second-order valence-corrected chi connectivity index (χ2v) is 6.66. The van der Waals surface area contributed by atoms with Gasteiger partial charge in [0.2, 0.25) is 0 Å². The van der Waals surface area contributed by atoms with E-state index >= 15 is 0 Å². The van der Waals surface area contributed by atoms with Gasteiger partial charge in [0.05, 0.1) is 5.02 Å². The quantitative estimate of drug-likeness (QED) is 0.688. The second kappa shape index (κ2) is 7.66. The van der Waals surface area contributed by atoms with Gasteiger partial charge in [-0.15, -0.1) is 0 Å². The Hall–Kier alpha value is -0.0500. The van der Waals surface area contributed by atoms with Gasteiger partial charge in [-0.2, -0.15) is 0 Å². The summed E-state index contributed by atoms with van der Waals surface area (Å²) in [5.41, 5.74) is 1.25. The third kappa shape index (κ3) is 3.96. The summed E-state index contributed by atoms with van der Waals surface area (Å²) >= 11 is 10.0. The van der Waals surface area contributed by atoms with Crippen molar-refractivity contribution in [2.24, 2.45) is 5.92 Å². The highest BCUT2D eigenvalue weighted by Crippen LogP contribution is 2.38. The molecule has 0 aromatic heterocycles. The predicted molar refractivity (Wildman–Crippen MR) is 86.8 cm³/mol. The van der Waals surface area contributed by atoms with E-state index in [0.29, 0.717) is 12.0 Å². The number of halogens is 2. The predicted octanol–water partition coefficient (Wildman–Crippen LogP) is 5.72. The van der Waals surface area contributed by atoms with Crippen LogP contribution in [0.25, 0.3) is 0 Å². The Morgan fingerprint density at radius 2 is 1.95 bits per heavy atom. The number of nitrogens with one attached hydrogen (secondary N) is 1. The van der Waals surface area contributed by atoms with Gasteiger partial charge in [-0.05, 0) is 52.9 Å². The van der Waals surface area contributed by atoms with E-state index in [1.165, 1.54) is 44.1 Å². The molecule has 0 bridgehead atoms. The van der Waals surface area contributed by atoms with Crippen LogP contribution >= 0.6 is 27.5 Å². The minimum atomic E-state index is 0.396. The van der Waals surface area contributed by atoms with Crippen LogP contribution in [-0.2, 0) is 0 Å². The lowest BCUT2D eigenvalue weighted by molar-refractivity contribution is 0.330. The van der Waals surface area contributed by atoms with Crippen molar-refractivity contribution in [3.63, 3.8) is 0 Å². The lowest BCUT2D eigenvalue weighted by Crippen LogP contribution is -2.28. The van der Waals surface area contributed by atoms with Crippen LogP contribution in [0.4, 0.5) is 0 Å². The summed E-state index contributed by atoms with van der Waals surface area (Å²) in [4.78, 5) is 0. The molecule has 1 aliphatic rings. The summed E-state index contributed by atoms with van der Waals surface area (Å²) in [5, 5.41) is 4.53. The Bertz CT molecular complexity index is 400. The lowest BCUT2D eigenvalue weighted by atomic mass is 9.87. The summed E-state index contributed by atoms with van der Waals surface area (Å²) in [7, 11) is 0. The van der Waals surface area contributed by atoms with Crippen molar-refractivity contribution in [1.82, 2.24) is 5.32 Å². The smallest absolute Gasteiger partial charge is 0.0595 e. The van der Waals surface area contributed by atoms with E-state index in [-0.39, 0.29) is 0 Å². The lowest BCUT2D eigenvalue weighted by Gasteiger charge is -2.28. The largest absolute Gasteiger partial charge is 0.310 e. The highest BCUT2D eigenvalue weighted by atomic mass is 79.9. The van der Waals surface area contributed by atoms with Crippen LogP contribution in [0.3, 0.4) is 0 Å². The molecule has 1 aromatic carbocycles. The van der Waals surface area contributed by atoms with E-state index in [2.05, 4.69) is 40.3 Å². The minimum absolute atomic E-state index is 0.396. The number of benzene rings is 1. The van der Waals surface area contributed by atoms with Gasteiger partial charge in [0.15, 0.2) is 0 Å². The molecule has 1 fully saturated rings. The van der Waals surface area contributed by atoms with Gasteiger partial charge in [0.1, 0.15) is 0 Å². The van der Waals surface area contributed by atoms with E-state index < -0.39 is 0 Å². The highest BCUT2D eigenvalue weighted by Gasteiger charge is 2.25. The average molecular weight is 345 g/mol. The normalized spacial score (nSPS) is 19.1. The fraction of sp³-hybridized carbons (Fsp3) is 0.625. The first kappa shape index (κ1) is 15.3. The van der Waals surface area contributed by atoms with Crippen molar-refractivity contribution in [1.29, 1.82) is 0 Å². The topological polar surface area (TPSA) is 12.0 Å². The third-order valence-corrected chi connectivity index (χ3v) is 5.42. The third-order valence-electron chi connectivity index (χ3n) is 4.11. The Kier molecular flexibility index (Phi) is 6.18. The molecule has 1 aromatic rings. The molecule has 2 rings (SSSR count). The molecule has 0 radical (unpaired) electrons. The molecule has 3 heteroatoms. The molecule has 0 amide bonds. The number of rotatable bonds is 4. The van der Waals surface area contributed by atoms with Crippen LogP contribution in [0.15, 0.2) is 22.7 Å². The Morgan fingerprint density at radius 1 is 1.26 bits per heavy atom. The summed E-state index contributed by atoms with van der Waals surface area (Å²) < 4.78 is 1.00. The fourth-order valence-electron chi connectivity index (χ4n) is 3.16. The number of hydrogen-bond acceptors (Lipinski definition) is 1. The van der Waals surface area contributed by atoms with E-state index in [9.17, 15) is 0 Å². The van der Waals surface area contributed by atoms with E-state index in [1.54, 1.807) is 0 Å². The molecular weight excluding hydrogens is 322 g/mol. The molecule has 19 heavy (non-hydrogen) atoms. The molecule has 1 atom stereocenters. The molecule has 0 heterocycles. The first-order chi connectivity index (χ1) is 9.24. The van der Waals surface area contributed by atoms with Gasteiger partial charge >= 0.3 is 0 Å². The van der Waals surface area contributed by atoms with Gasteiger partial charge in [-0.1, -0.05) is 56.3 Å². The van der Waals surface area contributed by atoms with Crippen molar-refractivity contribution < 1.29 is 0 Å². The van der Waals surface area contributed by atoms with Crippen LogP contribution in [0.5, 0.6) is 0 Å². The fourth-order valence-corrected chi connectivity index (χ4v) is 3.78. The van der Waals surface area contributed by atoms with Crippen molar-refractivity contribution in [3.05, 3.63) is 33.3 Å². The standard InChI is InChI=1S/C16H23BrClN/c1-2-19-16(12-8-5-3-4-6-9-12)13-10-7-11-14(17)15(13)18/h7,10-12,16,19H,2-6,8-9H2,1H3. The van der Waals surface area contributed by atoms with E-state index in [1.807, 2.05) is 6.07 Å². The SMILES string of the molecule is CCNC(c1cccc(Br)c1Cl)C1CCCCCC1. The highest BCUT2D eigenvalue weighted by molar-refractivity contribution is 9.10. The van der Waals surface area contributed by atoms with Gasteiger partial charge in [0, 0.05) is 10.5 Å². The van der Waals surface area contributed by atoms with Gasteiger partial charge in [-0.25, -0.2) is 0 Å². The Morgan fingerprint density at radius 3 is 2.58 bits per heavy atom. The van der Waals surface area contributed by atoms with Gasteiger partial charge < -0.3 is 5.32 Å². The molecule has 0 spiro atoms. The summed E-state index contributed by atoms with van der Waals surface area (Å²) in [6, 6.07) is 6.67. The molecule has 1 unspecified atom stereocenters. The summed E-state index contributed by atoms with van der Waals surface area (Å²) in [5.74, 6) is 0.717. The Labute approximate surface area is 130 Å². The molecule has 1 saturated carbocycles. The van der Waals surface area contributed by atoms with Crippen LogP contribution < -0.4 is 5.32 Å². The molecule has 1 nitrogen and oxygen atoms in total. The van der Waals surface area contributed by atoms with E-state index in [4.69, 9.17) is 11.6 Å². The van der Waals surface area contributed by atoms with Crippen molar-refractivity contribution >= 4 is 27.5 Å². The molecule has 1 aliphatic carbocycles. The first-order valence-corrected chi connectivity index (χ1v) is 8.58. The monoisotopic (exact) mass is 343 g/mol. The zero-order valence-corrected chi connectivity index (χ0v) is 13.9. The van der Waals surface area contributed by atoms with Crippen LogP contribution in [0.2, 0.25) is 5.02 Å². The molecule has 106 valence electrons. The average Bonchev–Trinajstić information content (AvgIpc) is 2.68. The maximum Gasteiger partial charge on any atom is 0.0595 e. The maximum absolute atomic E-state index is 6.50. The molecule has 0 saturated heterocycles. The minimum Gasteiger partial charge on any atom is -0.310 e. The maximum atomic E-state index is 6.50. The van der Waals surface area contributed by atoms with Crippen molar-refractivity contribution in [3.8, 4) is 0 Å². The van der Waals surface area contributed by atoms with Gasteiger partial charge in [-0.3, -0.25) is 0 Å². The van der Waals surface area contributed by atoms with Crippen LogP contribution in [-0.4, -0.2) is 6.54 Å². The molecule has 1 N–H and O–H groups in total. The second-order valence-electron chi connectivity index (χ2n) is 5.43. The zero-order chi connectivity index (χ0) is 13.7. The Balaban J connectivity index is 2.25. The zero-order valence-electron chi connectivity index (χ0n) is 11.6. The molecular formula is C16H23BrClN. The van der Waals surface area contributed by atoms with Crippen molar-refractivity contribution in [2.75, 3.05) is 6.54 Å². The van der Waals surface area contributed by atoms with Crippen LogP contribution in [0, 0.1) is 5.92 Å². The van der Waals surface area contributed by atoms with Crippen LogP contribution in [0.1, 0.15) is 57.1 Å². The first-order valence-electron chi connectivity index (χ1n) is 7.41. The van der Waals surface area contributed by atoms with Gasteiger partial charge in [0.25, 0.3) is 0 Å². The van der Waals surface area contributed by atoms with E-state index in [0.717, 1.165) is 16.0 Å². The molecule has 0 aliphatic heterocycles. The number of hydrogen-bond donors (Lipinski definition) is 1. The van der Waals surface area contributed by atoms with Crippen molar-refractivity contribution in [2.45, 2.75) is 51.5 Å².